The fourth-order valence-electron chi connectivity index (χ4n) is 3.19. The summed E-state index contributed by atoms with van der Waals surface area (Å²) in [5, 5.41) is 0. The van der Waals surface area contributed by atoms with Gasteiger partial charge < -0.3 is 14.5 Å². The maximum atomic E-state index is 12.6. The second-order valence-corrected chi connectivity index (χ2v) is 5.85. The van der Waals surface area contributed by atoms with Gasteiger partial charge in [0.1, 0.15) is 6.04 Å². The highest BCUT2D eigenvalue weighted by molar-refractivity contribution is 5.89. The monoisotopic (exact) mass is 302 g/mol. The minimum Gasteiger partial charge on any atom is -0.378 e. The lowest BCUT2D eigenvalue weighted by Gasteiger charge is -2.32. The third kappa shape index (κ3) is 3.30. The van der Waals surface area contributed by atoms with E-state index >= 15 is 0 Å². The van der Waals surface area contributed by atoms with Gasteiger partial charge in [0.15, 0.2) is 0 Å². The van der Waals surface area contributed by atoms with Gasteiger partial charge in [0.25, 0.3) is 0 Å². The van der Waals surface area contributed by atoms with Crippen molar-refractivity contribution in [3.05, 3.63) is 35.9 Å². The van der Waals surface area contributed by atoms with Crippen LogP contribution in [0.15, 0.2) is 30.3 Å². The number of carbonyl (C=O) groups excluding carboxylic acids is 2. The molecule has 5 heteroatoms. The Bertz CT molecular complexity index is 526. The van der Waals surface area contributed by atoms with Crippen molar-refractivity contribution in [2.75, 3.05) is 32.8 Å². The molecule has 1 aromatic rings. The molecule has 118 valence electrons. The number of ether oxygens (including phenoxy) is 1. The molecule has 1 atom stereocenters. The van der Waals surface area contributed by atoms with E-state index in [9.17, 15) is 9.59 Å². The van der Waals surface area contributed by atoms with Gasteiger partial charge in [0.2, 0.25) is 11.8 Å². The van der Waals surface area contributed by atoms with Crippen molar-refractivity contribution in [1.29, 1.82) is 0 Å². The Hall–Kier alpha value is -1.88. The van der Waals surface area contributed by atoms with Crippen LogP contribution in [0.1, 0.15) is 18.4 Å². The number of likely N-dealkylation sites (tertiary alicyclic amines) is 1. The standard InChI is InChI=1S/C17H22N2O3/c20-16(13-14-5-2-1-3-6-14)19-8-4-7-15(19)17(21)18-9-11-22-12-10-18/h1-3,5-6,15H,4,7-13H2/t15-/m0/s1. The van der Waals surface area contributed by atoms with Crippen LogP contribution >= 0.6 is 0 Å². The topological polar surface area (TPSA) is 49.9 Å². The van der Waals surface area contributed by atoms with Crippen LogP contribution in [0, 0.1) is 0 Å². The van der Waals surface area contributed by atoms with Crippen molar-refractivity contribution >= 4 is 11.8 Å². The lowest BCUT2D eigenvalue weighted by molar-refractivity contribution is -0.146. The molecule has 0 bridgehead atoms. The first-order valence-corrected chi connectivity index (χ1v) is 7.95. The molecule has 2 heterocycles. The van der Waals surface area contributed by atoms with E-state index in [1.807, 2.05) is 35.2 Å². The zero-order chi connectivity index (χ0) is 15.4. The molecule has 1 aromatic carbocycles. The second-order valence-electron chi connectivity index (χ2n) is 5.85. The molecule has 5 nitrogen and oxygen atoms in total. The Balaban J connectivity index is 1.64. The normalized spacial score (nSPS) is 21.9. The molecule has 0 radical (unpaired) electrons. The fourth-order valence-corrected chi connectivity index (χ4v) is 3.19. The Kier molecular flexibility index (Phi) is 4.73. The van der Waals surface area contributed by atoms with Crippen molar-refractivity contribution < 1.29 is 14.3 Å². The predicted molar refractivity (Wildman–Crippen MR) is 82.3 cm³/mol. The molecule has 0 aromatic heterocycles. The number of nitrogens with zero attached hydrogens (tertiary/aromatic N) is 2. The summed E-state index contributed by atoms with van der Waals surface area (Å²) < 4.78 is 5.29. The second kappa shape index (κ2) is 6.92. The number of amides is 2. The number of hydrogen-bond donors (Lipinski definition) is 0. The van der Waals surface area contributed by atoms with Gasteiger partial charge in [-0.3, -0.25) is 9.59 Å². The van der Waals surface area contributed by atoms with Crippen molar-refractivity contribution in [3.63, 3.8) is 0 Å². The lowest BCUT2D eigenvalue weighted by Crippen LogP contribution is -2.51. The van der Waals surface area contributed by atoms with Gasteiger partial charge in [-0.25, -0.2) is 0 Å². The van der Waals surface area contributed by atoms with E-state index in [1.54, 1.807) is 4.90 Å². The van der Waals surface area contributed by atoms with Crippen LogP contribution in [0.3, 0.4) is 0 Å². The molecule has 2 saturated heterocycles. The maximum Gasteiger partial charge on any atom is 0.245 e. The molecule has 0 aliphatic carbocycles. The smallest absolute Gasteiger partial charge is 0.245 e. The van der Waals surface area contributed by atoms with Crippen LogP contribution in [-0.4, -0.2) is 60.5 Å². The zero-order valence-corrected chi connectivity index (χ0v) is 12.7. The summed E-state index contributed by atoms with van der Waals surface area (Å²) in [7, 11) is 0. The molecule has 2 fully saturated rings. The summed E-state index contributed by atoms with van der Waals surface area (Å²) >= 11 is 0. The van der Waals surface area contributed by atoms with Crippen LogP contribution < -0.4 is 0 Å². The minimum absolute atomic E-state index is 0.0512. The van der Waals surface area contributed by atoms with E-state index in [0.717, 1.165) is 18.4 Å². The Morgan fingerprint density at radius 1 is 1.09 bits per heavy atom. The first-order valence-electron chi connectivity index (χ1n) is 7.95. The number of carbonyl (C=O) groups is 2. The molecule has 0 spiro atoms. The van der Waals surface area contributed by atoms with Gasteiger partial charge in [0.05, 0.1) is 19.6 Å². The van der Waals surface area contributed by atoms with E-state index in [4.69, 9.17) is 4.74 Å². The molecule has 2 amide bonds. The summed E-state index contributed by atoms with van der Waals surface area (Å²) in [6.45, 7) is 3.14. The molecule has 2 aliphatic heterocycles. The zero-order valence-electron chi connectivity index (χ0n) is 12.7. The predicted octanol–water partition coefficient (Wildman–Crippen LogP) is 1.08. The van der Waals surface area contributed by atoms with Crippen molar-refractivity contribution in [2.24, 2.45) is 0 Å². The van der Waals surface area contributed by atoms with Crippen molar-refractivity contribution in [2.45, 2.75) is 25.3 Å². The Morgan fingerprint density at radius 2 is 1.82 bits per heavy atom. The van der Waals surface area contributed by atoms with Crippen molar-refractivity contribution in [3.8, 4) is 0 Å². The Labute approximate surface area is 130 Å². The SMILES string of the molecule is O=C([C@@H]1CCCN1C(=O)Cc1ccccc1)N1CCOCC1. The fraction of sp³-hybridized carbons (Fsp3) is 0.529. The first-order chi connectivity index (χ1) is 10.8. The minimum atomic E-state index is -0.283. The summed E-state index contributed by atoms with van der Waals surface area (Å²) in [5.74, 6) is 0.137. The summed E-state index contributed by atoms with van der Waals surface area (Å²) in [6.07, 6.45) is 2.05. The first kappa shape index (κ1) is 15.0. The molecular formula is C17H22N2O3. The van der Waals surface area contributed by atoms with E-state index in [-0.39, 0.29) is 17.9 Å². The summed E-state index contributed by atoms with van der Waals surface area (Å²) in [5.41, 5.74) is 0.997. The maximum absolute atomic E-state index is 12.6. The average Bonchev–Trinajstić information content (AvgIpc) is 3.05. The molecule has 2 aliphatic rings. The highest BCUT2D eigenvalue weighted by atomic mass is 16.5. The summed E-state index contributed by atoms with van der Waals surface area (Å²) in [6, 6.07) is 9.43. The number of benzene rings is 1. The van der Waals surface area contributed by atoms with Crippen LogP contribution in [0.5, 0.6) is 0 Å². The van der Waals surface area contributed by atoms with Crippen LogP contribution in [-0.2, 0) is 20.7 Å². The van der Waals surface area contributed by atoms with Gasteiger partial charge in [-0.05, 0) is 18.4 Å². The number of hydrogen-bond acceptors (Lipinski definition) is 3. The molecule has 0 N–H and O–H groups in total. The van der Waals surface area contributed by atoms with Crippen LogP contribution in [0.4, 0.5) is 0 Å². The van der Waals surface area contributed by atoms with E-state index in [1.165, 1.54) is 0 Å². The third-order valence-electron chi connectivity index (χ3n) is 4.38. The van der Waals surface area contributed by atoms with Gasteiger partial charge in [0, 0.05) is 19.6 Å². The van der Waals surface area contributed by atoms with Crippen LogP contribution in [0.25, 0.3) is 0 Å². The van der Waals surface area contributed by atoms with Gasteiger partial charge in [-0.2, -0.15) is 0 Å². The molecule has 22 heavy (non-hydrogen) atoms. The van der Waals surface area contributed by atoms with E-state index in [2.05, 4.69) is 0 Å². The number of morpholine rings is 1. The molecule has 0 saturated carbocycles. The third-order valence-corrected chi connectivity index (χ3v) is 4.38. The largest absolute Gasteiger partial charge is 0.378 e. The highest BCUT2D eigenvalue weighted by Crippen LogP contribution is 2.21. The Morgan fingerprint density at radius 3 is 2.55 bits per heavy atom. The lowest BCUT2D eigenvalue weighted by atomic mass is 10.1. The molecule has 0 unspecified atom stereocenters. The van der Waals surface area contributed by atoms with Crippen LogP contribution in [0.2, 0.25) is 0 Å². The van der Waals surface area contributed by atoms with Gasteiger partial charge in [-0.1, -0.05) is 30.3 Å². The average molecular weight is 302 g/mol. The highest BCUT2D eigenvalue weighted by Gasteiger charge is 2.36. The molecular weight excluding hydrogens is 280 g/mol. The molecule has 3 rings (SSSR count). The van der Waals surface area contributed by atoms with Gasteiger partial charge in [-0.15, -0.1) is 0 Å². The summed E-state index contributed by atoms with van der Waals surface area (Å²) in [4.78, 5) is 28.8. The van der Waals surface area contributed by atoms with Gasteiger partial charge >= 0.3 is 0 Å². The van der Waals surface area contributed by atoms with E-state index < -0.39 is 0 Å². The van der Waals surface area contributed by atoms with Crippen molar-refractivity contribution in [1.82, 2.24) is 9.80 Å². The van der Waals surface area contributed by atoms with E-state index in [0.29, 0.717) is 39.3 Å². The quantitative estimate of drug-likeness (QED) is 0.839. The number of rotatable bonds is 3.